The minimum Gasteiger partial charge on any atom is -0.384 e. The Balaban J connectivity index is 1.92. The van der Waals surface area contributed by atoms with Gasteiger partial charge in [-0.2, -0.15) is 0 Å². The van der Waals surface area contributed by atoms with Crippen molar-refractivity contribution in [2.45, 2.75) is 20.0 Å². The van der Waals surface area contributed by atoms with E-state index < -0.39 is 0 Å². The number of halogens is 2. The molecule has 0 aliphatic carbocycles. The normalized spacial score (nSPS) is 12.0. The number of allylic oxidation sites excluding steroid dienone is 3. The molecule has 0 saturated heterocycles. The maximum absolute atomic E-state index is 12.9. The molecule has 0 spiro atoms. The molecule has 0 aromatic heterocycles. The summed E-state index contributed by atoms with van der Waals surface area (Å²) in [7, 11) is 0. The molecule has 0 saturated carbocycles. The lowest BCUT2D eigenvalue weighted by atomic mass is 10.2. The smallest absolute Gasteiger partial charge is 0.144 e. The highest BCUT2D eigenvalue weighted by molar-refractivity contribution is 5.67. The van der Waals surface area contributed by atoms with Crippen LogP contribution in [-0.4, -0.2) is 6.29 Å². The van der Waals surface area contributed by atoms with Crippen molar-refractivity contribution in [1.82, 2.24) is 10.6 Å². The van der Waals surface area contributed by atoms with Crippen LogP contribution in [0.1, 0.15) is 18.1 Å². The Morgan fingerprint density at radius 3 is 1.84 bits per heavy atom. The topological polar surface area (TPSA) is 41.1 Å². The minimum atomic E-state index is -0.284. The number of carbonyl (C=O) groups is 1. The van der Waals surface area contributed by atoms with Crippen LogP contribution in [0.2, 0.25) is 0 Å². The van der Waals surface area contributed by atoms with Crippen LogP contribution in [0.4, 0.5) is 8.78 Å². The molecule has 0 radical (unpaired) electrons. The predicted octanol–water partition coefficient (Wildman–Crippen LogP) is 3.83. The summed E-state index contributed by atoms with van der Waals surface area (Å²) in [5.74, 6) is -0.551. The van der Waals surface area contributed by atoms with Gasteiger partial charge in [0, 0.05) is 30.6 Å². The number of hydrogen-bond acceptors (Lipinski definition) is 3. The lowest BCUT2D eigenvalue weighted by Crippen LogP contribution is -2.15. The monoisotopic (exact) mass is 342 g/mol. The number of carbonyl (C=O) groups excluding carboxylic acids is 1. The van der Waals surface area contributed by atoms with Gasteiger partial charge in [0.15, 0.2) is 0 Å². The summed E-state index contributed by atoms with van der Waals surface area (Å²) in [5, 5.41) is 6.34. The third-order valence-electron chi connectivity index (χ3n) is 3.51. The van der Waals surface area contributed by atoms with Crippen molar-refractivity contribution in [3.05, 3.63) is 94.8 Å². The summed E-state index contributed by atoms with van der Waals surface area (Å²) in [5.41, 5.74) is 3.35. The number of hydrogen-bond donors (Lipinski definition) is 2. The van der Waals surface area contributed by atoms with Crippen LogP contribution in [0.3, 0.4) is 0 Å². The minimum absolute atomic E-state index is 0.266. The fraction of sp³-hybridized carbons (Fsp3) is 0.150. The van der Waals surface area contributed by atoms with E-state index in [9.17, 15) is 13.6 Å². The second-order valence-electron chi connectivity index (χ2n) is 5.55. The second kappa shape index (κ2) is 9.37. The van der Waals surface area contributed by atoms with E-state index in [-0.39, 0.29) is 11.6 Å². The van der Waals surface area contributed by atoms with E-state index in [1.54, 1.807) is 30.3 Å². The zero-order chi connectivity index (χ0) is 18.1. The molecular weight excluding hydrogens is 322 g/mol. The molecule has 0 aliphatic rings. The molecule has 0 unspecified atom stereocenters. The highest BCUT2D eigenvalue weighted by Crippen LogP contribution is 2.06. The molecule has 0 amide bonds. The summed E-state index contributed by atoms with van der Waals surface area (Å²) in [6, 6.07) is 12.4. The van der Waals surface area contributed by atoms with Gasteiger partial charge in [0.05, 0.1) is 0 Å². The van der Waals surface area contributed by atoms with Crippen molar-refractivity contribution >= 4 is 6.29 Å². The van der Waals surface area contributed by atoms with Gasteiger partial charge < -0.3 is 10.6 Å². The van der Waals surface area contributed by atoms with E-state index in [4.69, 9.17) is 0 Å². The Bertz CT molecular complexity index is 750. The largest absolute Gasteiger partial charge is 0.384 e. The first-order chi connectivity index (χ1) is 12.1. The molecule has 2 rings (SSSR count). The van der Waals surface area contributed by atoms with Gasteiger partial charge in [-0.05, 0) is 48.4 Å². The van der Waals surface area contributed by atoms with Gasteiger partial charge in [0.25, 0.3) is 0 Å². The Labute approximate surface area is 146 Å². The molecule has 2 N–H and O–H groups in total. The van der Waals surface area contributed by atoms with Gasteiger partial charge in [0.1, 0.15) is 17.9 Å². The maximum Gasteiger partial charge on any atom is 0.144 e. The number of rotatable bonds is 8. The van der Waals surface area contributed by atoms with Crippen LogP contribution in [-0.2, 0) is 17.9 Å². The molecule has 2 aromatic rings. The predicted molar refractivity (Wildman–Crippen MR) is 94.4 cm³/mol. The zero-order valence-electron chi connectivity index (χ0n) is 13.9. The quantitative estimate of drug-likeness (QED) is 0.435. The van der Waals surface area contributed by atoms with Gasteiger partial charge in [-0.3, -0.25) is 4.79 Å². The summed E-state index contributed by atoms with van der Waals surface area (Å²) in [6.45, 7) is 2.90. The Morgan fingerprint density at radius 1 is 0.880 bits per heavy atom. The van der Waals surface area contributed by atoms with E-state index in [1.807, 2.05) is 6.92 Å². The Kier molecular flexibility index (Phi) is 6.89. The van der Waals surface area contributed by atoms with Crippen LogP contribution in [0.25, 0.3) is 0 Å². The van der Waals surface area contributed by atoms with Gasteiger partial charge in [0.2, 0.25) is 0 Å². The fourth-order valence-electron chi connectivity index (χ4n) is 2.17. The second-order valence-corrected chi connectivity index (χ2v) is 5.55. The Morgan fingerprint density at radius 2 is 1.36 bits per heavy atom. The van der Waals surface area contributed by atoms with Crippen molar-refractivity contribution in [3.63, 3.8) is 0 Å². The van der Waals surface area contributed by atoms with Crippen LogP contribution in [0.15, 0.2) is 72.1 Å². The molecule has 0 aliphatic heterocycles. The highest BCUT2D eigenvalue weighted by Gasteiger charge is 1.99. The van der Waals surface area contributed by atoms with E-state index in [2.05, 4.69) is 10.6 Å². The molecule has 3 nitrogen and oxygen atoms in total. The molecule has 0 heterocycles. The van der Waals surface area contributed by atoms with Gasteiger partial charge >= 0.3 is 0 Å². The zero-order valence-corrected chi connectivity index (χ0v) is 13.9. The molecule has 0 atom stereocenters. The first-order valence-electron chi connectivity index (χ1n) is 7.87. The SMILES string of the molecule is C/C(=C/C(=C\C=O)NCc1ccc(F)cc1)NCc1ccc(F)cc1. The van der Waals surface area contributed by atoms with Crippen LogP contribution < -0.4 is 10.6 Å². The van der Waals surface area contributed by atoms with Gasteiger partial charge in [-0.25, -0.2) is 8.78 Å². The standard InChI is InChI=1S/C20H20F2N2O/c1-15(23-13-16-2-6-18(21)7-3-16)12-20(10-11-25)24-14-17-4-8-19(22)9-5-17/h2-12,23-24H,13-14H2,1H3/b15-12-,20-10+. The number of benzene rings is 2. The third-order valence-corrected chi connectivity index (χ3v) is 3.51. The van der Waals surface area contributed by atoms with Gasteiger partial charge in [-0.1, -0.05) is 24.3 Å². The van der Waals surface area contributed by atoms with Crippen molar-refractivity contribution in [2.24, 2.45) is 0 Å². The first-order valence-corrected chi connectivity index (χ1v) is 7.87. The molecule has 0 bridgehead atoms. The van der Waals surface area contributed by atoms with Crippen molar-refractivity contribution < 1.29 is 13.6 Å². The van der Waals surface area contributed by atoms with Crippen molar-refractivity contribution in [3.8, 4) is 0 Å². The van der Waals surface area contributed by atoms with E-state index in [1.165, 1.54) is 30.3 Å². The Hall–Kier alpha value is -2.95. The number of aldehydes is 1. The maximum atomic E-state index is 12.9. The van der Waals surface area contributed by atoms with Gasteiger partial charge in [-0.15, -0.1) is 0 Å². The summed E-state index contributed by atoms with van der Waals surface area (Å²) in [4.78, 5) is 10.8. The van der Waals surface area contributed by atoms with Crippen molar-refractivity contribution in [2.75, 3.05) is 0 Å². The van der Waals surface area contributed by atoms with Crippen LogP contribution in [0, 0.1) is 11.6 Å². The lowest BCUT2D eigenvalue weighted by molar-refractivity contribution is -0.104. The summed E-state index contributed by atoms with van der Waals surface area (Å²) >= 11 is 0. The summed E-state index contributed by atoms with van der Waals surface area (Å²) in [6.07, 6.45) is 3.94. The molecule has 130 valence electrons. The first kappa shape index (κ1) is 18.4. The van der Waals surface area contributed by atoms with Crippen LogP contribution >= 0.6 is 0 Å². The average molecular weight is 342 g/mol. The molecule has 2 aromatic carbocycles. The number of nitrogens with one attached hydrogen (secondary N) is 2. The van der Waals surface area contributed by atoms with Crippen molar-refractivity contribution in [1.29, 1.82) is 0 Å². The molecule has 25 heavy (non-hydrogen) atoms. The summed E-state index contributed by atoms with van der Waals surface area (Å²) < 4.78 is 25.8. The molecular formula is C20H20F2N2O. The highest BCUT2D eigenvalue weighted by atomic mass is 19.1. The fourth-order valence-corrected chi connectivity index (χ4v) is 2.17. The molecule has 0 fully saturated rings. The van der Waals surface area contributed by atoms with E-state index in [0.29, 0.717) is 25.1 Å². The van der Waals surface area contributed by atoms with Crippen LogP contribution in [0.5, 0.6) is 0 Å². The lowest BCUT2D eigenvalue weighted by Gasteiger charge is -2.10. The average Bonchev–Trinajstić information content (AvgIpc) is 2.61. The van der Waals surface area contributed by atoms with E-state index in [0.717, 1.165) is 16.8 Å². The van der Waals surface area contributed by atoms with E-state index >= 15 is 0 Å². The molecule has 5 heteroatoms. The third kappa shape index (κ3) is 6.59.